The van der Waals surface area contributed by atoms with E-state index < -0.39 is 0 Å². The monoisotopic (exact) mass is 240 g/mol. The van der Waals surface area contributed by atoms with Gasteiger partial charge >= 0.3 is 0 Å². The minimum atomic E-state index is 0.605. The Kier molecular flexibility index (Phi) is 3.91. The van der Waals surface area contributed by atoms with E-state index in [1.807, 2.05) is 43.3 Å². The molecule has 4 heteroatoms. The van der Waals surface area contributed by atoms with Crippen LogP contribution < -0.4 is 10.6 Å². The van der Waals surface area contributed by atoms with Crippen LogP contribution in [0.4, 0.5) is 17.5 Å². The zero-order valence-electron chi connectivity index (χ0n) is 10.4. The largest absolute Gasteiger partial charge is 0.351 e. The van der Waals surface area contributed by atoms with Crippen LogP contribution in [-0.4, -0.2) is 16.5 Å². The van der Waals surface area contributed by atoms with Gasteiger partial charge in [0.2, 0.25) is 5.95 Å². The molecule has 2 N–H and O–H groups in total. The van der Waals surface area contributed by atoms with Crippen molar-refractivity contribution in [1.82, 2.24) is 9.97 Å². The SMILES string of the molecule is C=CCNc1nc(C)cc(Nc2ccccc2)n1. The van der Waals surface area contributed by atoms with Gasteiger partial charge in [-0.25, -0.2) is 4.98 Å². The minimum Gasteiger partial charge on any atom is -0.351 e. The molecule has 0 bridgehead atoms. The van der Waals surface area contributed by atoms with Crippen molar-refractivity contribution in [3.8, 4) is 0 Å². The molecule has 18 heavy (non-hydrogen) atoms. The van der Waals surface area contributed by atoms with Crippen molar-refractivity contribution in [2.45, 2.75) is 6.92 Å². The normalized spacial score (nSPS) is 9.83. The van der Waals surface area contributed by atoms with Crippen LogP contribution in [0.3, 0.4) is 0 Å². The number of hydrogen-bond donors (Lipinski definition) is 2. The molecule has 1 aromatic heterocycles. The van der Waals surface area contributed by atoms with Crippen molar-refractivity contribution in [3.05, 3.63) is 54.7 Å². The molecule has 0 radical (unpaired) electrons. The molecule has 0 spiro atoms. The topological polar surface area (TPSA) is 49.8 Å². The zero-order valence-corrected chi connectivity index (χ0v) is 10.4. The van der Waals surface area contributed by atoms with Gasteiger partial charge < -0.3 is 10.6 Å². The molecular formula is C14H16N4. The van der Waals surface area contributed by atoms with Gasteiger partial charge in [0, 0.05) is 24.0 Å². The minimum absolute atomic E-state index is 0.605. The fourth-order valence-electron chi connectivity index (χ4n) is 1.54. The van der Waals surface area contributed by atoms with Crippen LogP contribution in [0, 0.1) is 6.92 Å². The maximum absolute atomic E-state index is 4.39. The van der Waals surface area contributed by atoms with Gasteiger partial charge in [0.15, 0.2) is 0 Å². The molecule has 1 aromatic carbocycles. The van der Waals surface area contributed by atoms with Crippen molar-refractivity contribution in [2.75, 3.05) is 17.2 Å². The summed E-state index contributed by atoms with van der Waals surface area (Å²) in [6, 6.07) is 11.8. The Morgan fingerprint density at radius 2 is 2.00 bits per heavy atom. The molecule has 2 rings (SSSR count). The third-order valence-electron chi connectivity index (χ3n) is 2.30. The Morgan fingerprint density at radius 3 is 2.72 bits per heavy atom. The molecule has 0 saturated carbocycles. The Morgan fingerprint density at radius 1 is 1.22 bits per heavy atom. The van der Waals surface area contributed by atoms with E-state index in [0.717, 1.165) is 17.2 Å². The Bertz CT molecular complexity index is 523. The van der Waals surface area contributed by atoms with Crippen molar-refractivity contribution in [2.24, 2.45) is 0 Å². The third-order valence-corrected chi connectivity index (χ3v) is 2.30. The van der Waals surface area contributed by atoms with E-state index in [9.17, 15) is 0 Å². The van der Waals surface area contributed by atoms with Crippen LogP contribution in [0.1, 0.15) is 5.69 Å². The molecule has 0 fully saturated rings. The molecule has 0 amide bonds. The number of aromatic nitrogens is 2. The molecule has 0 atom stereocenters. The first-order valence-corrected chi connectivity index (χ1v) is 5.80. The van der Waals surface area contributed by atoms with E-state index in [2.05, 4.69) is 27.2 Å². The Balaban J connectivity index is 2.17. The number of para-hydroxylation sites is 1. The summed E-state index contributed by atoms with van der Waals surface area (Å²) < 4.78 is 0. The first kappa shape index (κ1) is 12.1. The summed E-state index contributed by atoms with van der Waals surface area (Å²) in [4.78, 5) is 8.69. The lowest BCUT2D eigenvalue weighted by Gasteiger charge is -2.08. The predicted octanol–water partition coefficient (Wildman–Crippen LogP) is 3.13. The van der Waals surface area contributed by atoms with Crippen LogP contribution in [0.5, 0.6) is 0 Å². The van der Waals surface area contributed by atoms with Crippen molar-refractivity contribution in [1.29, 1.82) is 0 Å². The van der Waals surface area contributed by atoms with Crippen LogP contribution in [0.25, 0.3) is 0 Å². The molecule has 0 aliphatic heterocycles. The quantitative estimate of drug-likeness (QED) is 0.788. The number of nitrogens with zero attached hydrogens (tertiary/aromatic N) is 2. The molecule has 1 heterocycles. The van der Waals surface area contributed by atoms with E-state index in [-0.39, 0.29) is 0 Å². The average molecular weight is 240 g/mol. The van der Waals surface area contributed by atoms with Crippen LogP contribution in [0.2, 0.25) is 0 Å². The van der Waals surface area contributed by atoms with Crippen LogP contribution >= 0.6 is 0 Å². The summed E-state index contributed by atoms with van der Waals surface area (Å²) in [5.41, 5.74) is 1.92. The fraction of sp³-hybridized carbons (Fsp3) is 0.143. The molecular weight excluding hydrogens is 224 g/mol. The standard InChI is InChI=1S/C14H16N4/c1-3-9-15-14-16-11(2)10-13(18-14)17-12-7-5-4-6-8-12/h3-8,10H,1,9H2,2H3,(H2,15,16,17,18). The van der Waals surface area contributed by atoms with Gasteiger partial charge in [-0.2, -0.15) is 4.98 Å². The third kappa shape index (κ3) is 3.31. The molecule has 0 aliphatic rings. The molecule has 0 aliphatic carbocycles. The zero-order chi connectivity index (χ0) is 12.8. The van der Waals surface area contributed by atoms with E-state index in [1.54, 1.807) is 6.08 Å². The highest BCUT2D eigenvalue weighted by molar-refractivity contribution is 5.57. The average Bonchev–Trinajstić information content (AvgIpc) is 2.37. The second-order valence-corrected chi connectivity index (χ2v) is 3.88. The molecule has 92 valence electrons. The van der Waals surface area contributed by atoms with Crippen molar-refractivity contribution < 1.29 is 0 Å². The highest BCUT2D eigenvalue weighted by Crippen LogP contribution is 2.16. The van der Waals surface area contributed by atoms with E-state index in [1.165, 1.54) is 0 Å². The molecule has 0 saturated heterocycles. The smallest absolute Gasteiger partial charge is 0.225 e. The lowest BCUT2D eigenvalue weighted by atomic mass is 10.3. The van der Waals surface area contributed by atoms with Gasteiger partial charge in [-0.05, 0) is 19.1 Å². The highest BCUT2D eigenvalue weighted by Gasteiger charge is 2.01. The van der Waals surface area contributed by atoms with Gasteiger partial charge in [-0.1, -0.05) is 24.3 Å². The number of benzene rings is 1. The first-order valence-electron chi connectivity index (χ1n) is 5.80. The highest BCUT2D eigenvalue weighted by atomic mass is 15.1. The maximum Gasteiger partial charge on any atom is 0.225 e. The lowest BCUT2D eigenvalue weighted by molar-refractivity contribution is 1.08. The number of hydrogen-bond acceptors (Lipinski definition) is 4. The summed E-state index contributed by atoms with van der Waals surface area (Å²) in [5, 5.41) is 6.33. The summed E-state index contributed by atoms with van der Waals surface area (Å²) in [5.74, 6) is 1.38. The van der Waals surface area contributed by atoms with Gasteiger partial charge in [-0.3, -0.25) is 0 Å². The molecule has 0 unspecified atom stereocenters. The predicted molar refractivity (Wildman–Crippen MR) is 75.2 cm³/mol. The second-order valence-electron chi connectivity index (χ2n) is 3.88. The Labute approximate surface area is 107 Å². The lowest BCUT2D eigenvalue weighted by Crippen LogP contribution is -2.05. The fourth-order valence-corrected chi connectivity index (χ4v) is 1.54. The summed E-state index contributed by atoms with van der Waals surface area (Å²) in [6.45, 7) is 6.24. The number of aryl methyl sites for hydroxylation is 1. The second kappa shape index (κ2) is 5.82. The van der Waals surface area contributed by atoms with E-state index in [0.29, 0.717) is 12.5 Å². The Hall–Kier alpha value is -2.36. The van der Waals surface area contributed by atoms with E-state index >= 15 is 0 Å². The van der Waals surface area contributed by atoms with Gasteiger partial charge in [0.05, 0.1) is 0 Å². The van der Waals surface area contributed by atoms with E-state index in [4.69, 9.17) is 0 Å². The molecule has 2 aromatic rings. The number of anilines is 3. The number of rotatable bonds is 5. The van der Waals surface area contributed by atoms with Crippen molar-refractivity contribution in [3.63, 3.8) is 0 Å². The van der Waals surface area contributed by atoms with Gasteiger partial charge in [0.25, 0.3) is 0 Å². The van der Waals surface area contributed by atoms with Crippen LogP contribution in [0.15, 0.2) is 49.1 Å². The van der Waals surface area contributed by atoms with Gasteiger partial charge in [0.1, 0.15) is 5.82 Å². The summed E-state index contributed by atoms with van der Waals surface area (Å²) in [7, 11) is 0. The summed E-state index contributed by atoms with van der Waals surface area (Å²) >= 11 is 0. The van der Waals surface area contributed by atoms with Gasteiger partial charge in [-0.15, -0.1) is 6.58 Å². The maximum atomic E-state index is 4.39. The molecule has 4 nitrogen and oxygen atoms in total. The van der Waals surface area contributed by atoms with Crippen molar-refractivity contribution >= 4 is 17.5 Å². The van der Waals surface area contributed by atoms with Crippen LogP contribution in [-0.2, 0) is 0 Å². The number of nitrogens with one attached hydrogen (secondary N) is 2. The first-order chi connectivity index (χ1) is 8.78. The summed E-state index contributed by atoms with van der Waals surface area (Å²) in [6.07, 6.45) is 1.77.